The summed E-state index contributed by atoms with van der Waals surface area (Å²) in [7, 11) is 0. The molecule has 2 rings (SSSR count). The van der Waals surface area contributed by atoms with E-state index in [2.05, 4.69) is 5.32 Å². The summed E-state index contributed by atoms with van der Waals surface area (Å²) in [6.07, 6.45) is 0. The molecule has 0 radical (unpaired) electrons. The molecule has 0 unspecified atom stereocenters. The third-order valence-corrected chi connectivity index (χ3v) is 4.18. The fraction of sp³-hybridized carbons (Fsp3) is 0.385. The Hall–Kier alpha value is -1.20. The molecule has 4 nitrogen and oxygen atoms in total. The second-order valence-electron chi connectivity index (χ2n) is 4.32. The molecule has 2 amide bonds. The summed E-state index contributed by atoms with van der Waals surface area (Å²) >= 11 is 7.29. The van der Waals surface area contributed by atoms with E-state index < -0.39 is 0 Å². The highest BCUT2D eigenvalue weighted by Crippen LogP contribution is 2.25. The fourth-order valence-electron chi connectivity index (χ4n) is 1.85. The first-order valence-corrected chi connectivity index (χ1v) is 7.30. The fourth-order valence-corrected chi connectivity index (χ4v) is 2.93. The first-order chi connectivity index (χ1) is 9.06. The van der Waals surface area contributed by atoms with Crippen molar-refractivity contribution in [2.75, 3.05) is 19.6 Å². The molecule has 1 atom stereocenters. The minimum absolute atomic E-state index is 0.00481. The molecule has 1 saturated heterocycles. The van der Waals surface area contributed by atoms with Gasteiger partial charge in [0.2, 0.25) is 11.8 Å². The van der Waals surface area contributed by atoms with E-state index in [1.165, 1.54) is 11.8 Å². The summed E-state index contributed by atoms with van der Waals surface area (Å²) in [5.41, 5.74) is 0. The molecule has 102 valence electrons. The molecule has 0 spiro atoms. The summed E-state index contributed by atoms with van der Waals surface area (Å²) in [6.45, 7) is 3.12. The van der Waals surface area contributed by atoms with Crippen LogP contribution in [0.1, 0.15) is 6.92 Å². The standard InChI is InChI=1S/C13H15ClN2O2S/c1-9(19-11-4-2-10(14)3-5-11)13(18)16-7-6-15-12(17)8-16/h2-5,9H,6-8H2,1H3,(H,15,17)/t9-/m0/s1. The molecule has 0 aromatic heterocycles. The number of nitrogens with one attached hydrogen (secondary N) is 1. The molecule has 1 aromatic rings. The van der Waals surface area contributed by atoms with Crippen molar-refractivity contribution >= 4 is 35.2 Å². The lowest BCUT2D eigenvalue weighted by molar-refractivity contribution is -0.137. The molecule has 1 N–H and O–H groups in total. The molecule has 6 heteroatoms. The van der Waals surface area contributed by atoms with Crippen molar-refractivity contribution in [1.82, 2.24) is 10.2 Å². The molecular weight excluding hydrogens is 284 g/mol. The maximum Gasteiger partial charge on any atom is 0.239 e. The van der Waals surface area contributed by atoms with Crippen LogP contribution in [0.5, 0.6) is 0 Å². The highest BCUT2D eigenvalue weighted by Gasteiger charge is 2.25. The van der Waals surface area contributed by atoms with Crippen molar-refractivity contribution < 1.29 is 9.59 Å². The average molecular weight is 299 g/mol. The average Bonchev–Trinajstić information content (AvgIpc) is 2.40. The largest absolute Gasteiger partial charge is 0.353 e. The third kappa shape index (κ3) is 3.88. The third-order valence-electron chi connectivity index (χ3n) is 2.82. The van der Waals surface area contributed by atoms with Gasteiger partial charge < -0.3 is 10.2 Å². The number of halogens is 1. The second kappa shape index (κ2) is 6.30. The maximum absolute atomic E-state index is 12.2. The number of amides is 2. The van der Waals surface area contributed by atoms with E-state index in [4.69, 9.17) is 11.6 Å². The van der Waals surface area contributed by atoms with Gasteiger partial charge in [0.25, 0.3) is 0 Å². The van der Waals surface area contributed by atoms with Gasteiger partial charge in [-0.25, -0.2) is 0 Å². The normalized spacial score (nSPS) is 16.9. The molecule has 1 aliphatic rings. The van der Waals surface area contributed by atoms with Crippen LogP contribution < -0.4 is 5.32 Å². The number of rotatable bonds is 3. The lowest BCUT2D eigenvalue weighted by atomic mass is 10.3. The molecule has 0 aliphatic carbocycles. The summed E-state index contributed by atoms with van der Waals surface area (Å²) in [5.74, 6) is -0.0990. The highest BCUT2D eigenvalue weighted by molar-refractivity contribution is 8.00. The number of piperazine rings is 1. The molecule has 1 heterocycles. The molecule has 0 bridgehead atoms. The Morgan fingerprint density at radius 2 is 2.11 bits per heavy atom. The van der Waals surface area contributed by atoms with Crippen LogP contribution in [0.4, 0.5) is 0 Å². The van der Waals surface area contributed by atoms with Crippen molar-refractivity contribution in [1.29, 1.82) is 0 Å². The number of carbonyl (C=O) groups is 2. The SMILES string of the molecule is C[C@H](Sc1ccc(Cl)cc1)C(=O)N1CCNC(=O)C1. The van der Waals surface area contributed by atoms with Crippen LogP contribution in [0.15, 0.2) is 29.2 Å². The van der Waals surface area contributed by atoms with Crippen LogP contribution in [-0.2, 0) is 9.59 Å². The Bertz CT molecular complexity index is 478. The van der Waals surface area contributed by atoms with Crippen molar-refractivity contribution in [2.24, 2.45) is 0 Å². The van der Waals surface area contributed by atoms with Gasteiger partial charge in [0, 0.05) is 23.0 Å². The van der Waals surface area contributed by atoms with E-state index in [0.29, 0.717) is 18.1 Å². The van der Waals surface area contributed by atoms with Crippen molar-refractivity contribution in [3.8, 4) is 0 Å². The number of hydrogen-bond acceptors (Lipinski definition) is 3. The summed E-state index contributed by atoms with van der Waals surface area (Å²) in [5, 5.41) is 3.17. The summed E-state index contributed by atoms with van der Waals surface area (Å²) in [6, 6.07) is 7.38. The smallest absolute Gasteiger partial charge is 0.239 e. The van der Waals surface area contributed by atoms with Crippen LogP contribution in [-0.4, -0.2) is 41.6 Å². The van der Waals surface area contributed by atoms with Gasteiger partial charge in [0.1, 0.15) is 0 Å². The van der Waals surface area contributed by atoms with Gasteiger partial charge in [-0.3, -0.25) is 9.59 Å². The number of benzene rings is 1. The zero-order valence-electron chi connectivity index (χ0n) is 10.6. The number of nitrogens with zero attached hydrogens (tertiary/aromatic N) is 1. The predicted molar refractivity (Wildman–Crippen MR) is 76.4 cm³/mol. The maximum atomic E-state index is 12.2. The molecular formula is C13H15ClN2O2S. The van der Waals surface area contributed by atoms with Gasteiger partial charge in [-0.2, -0.15) is 0 Å². The first kappa shape index (κ1) is 14.2. The minimum atomic E-state index is -0.216. The van der Waals surface area contributed by atoms with Crippen LogP contribution in [0, 0.1) is 0 Å². The lowest BCUT2D eigenvalue weighted by Gasteiger charge is -2.28. The zero-order valence-corrected chi connectivity index (χ0v) is 12.1. The van der Waals surface area contributed by atoms with Crippen LogP contribution in [0.2, 0.25) is 5.02 Å². The van der Waals surface area contributed by atoms with Crippen molar-refractivity contribution in [3.63, 3.8) is 0 Å². The number of carbonyl (C=O) groups excluding carboxylic acids is 2. The molecule has 19 heavy (non-hydrogen) atoms. The Kier molecular flexibility index (Phi) is 4.71. The predicted octanol–water partition coefficient (Wildman–Crippen LogP) is 1.78. The van der Waals surface area contributed by atoms with E-state index in [-0.39, 0.29) is 23.6 Å². The van der Waals surface area contributed by atoms with Crippen LogP contribution in [0.25, 0.3) is 0 Å². The van der Waals surface area contributed by atoms with Crippen molar-refractivity contribution in [3.05, 3.63) is 29.3 Å². The number of hydrogen-bond donors (Lipinski definition) is 1. The van der Waals surface area contributed by atoms with Gasteiger partial charge >= 0.3 is 0 Å². The van der Waals surface area contributed by atoms with E-state index in [1.54, 1.807) is 17.0 Å². The van der Waals surface area contributed by atoms with E-state index in [0.717, 1.165) is 4.90 Å². The molecule has 1 aliphatic heterocycles. The van der Waals surface area contributed by atoms with Crippen molar-refractivity contribution in [2.45, 2.75) is 17.1 Å². The monoisotopic (exact) mass is 298 g/mol. The summed E-state index contributed by atoms with van der Waals surface area (Å²) in [4.78, 5) is 26.1. The Morgan fingerprint density at radius 1 is 1.42 bits per heavy atom. The van der Waals surface area contributed by atoms with E-state index >= 15 is 0 Å². The molecule has 1 fully saturated rings. The Labute approximate surface area is 121 Å². The zero-order chi connectivity index (χ0) is 13.8. The van der Waals surface area contributed by atoms with Crippen LogP contribution >= 0.6 is 23.4 Å². The van der Waals surface area contributed by atoms with Gasteiger partial charge in [-0.15, -0.1) is 11.8 Å². The van der Waals surface area contributed by atoms with E-state index in [1.807, 2.05) is 19.1 Å². The van der Waals surface area contributed by atoms with Gasteiger partial charge in [-0.05, 0) is 31.2 Å². The Balaban J connectivity index is 1.95. The topological polar surface area (TPSA) is 49.4 Å². The highest BCUT2D eigenvalue weighted by atomic mass is 35.5. The molecule has 1 aromatic carbocycles. The van der Waals surface area contributed by atoms with Crippen LogP contribution in [0.3, 0.4) is 0 Å². The quantitative estimate of drug-likeness (QED) is 0.866. The number of thioether (sulfide) groups is 1. The summed E-state index contributed by atoms with van der Waals surface area (Å²) < 4.78 is 0. The van der Waals surface area contributed by atoms with Gasteiger partial charge in [0.05, 0.1) is 11.8 Å². The lowest BCUT2D eigenvalue weighted by Crippen LogP contribution is -2.51. The molecule has 0 saturated carbocycles. The van der Waals surface area contributed by atoms with E-state index in [9.17, 15) is 9.59 Å². The Morgan fingerprint density at radius 3 is 2.74 bits per heavy atom. The van der Waals surface area contributed by atoms with Gasteiger partial charge in [-0.1, -0.05) is 11.6 Å². The second-order valence-corrected chi connectivity index (χ2v) is 6.17. The van der Waals surface area contributed by atoms with Gasteiger partial charge in [0.15, 0.2) is 0 Å². The minimum Gasteiger partial charge on any atom is -0.353 e. The first-order valence-electron chi connectivity index (χ1n) is 6.04.